The third-order valence-electron chi connectivity index (χ3n) is 4.41. The predicted octanol–water partition coefficient (Wildman–Crippen LogP) is 4.31. The first kappa shape index (κ1) is 21.2. The van der Waals surface area contributed by atoms with Crippen molar-refractivity contribution in [3.8, 4) is 0 Å². The van der Waals surface area contributed by atoms with E-state index in [9.17, 15) is 22.0 Å². The molecule has 1 N–H and O–H groups in total. The van der Waals surface area contributed by atoms with Crippen molar-refractivity contribution in [2.24, 2.45) is 0 Å². The van der Waals surface area contributed by atoms with E-state index >= 15 is 0 Å². The molecule has 1 saturated heterocycles. The summed E-state index contributed by atoms with van der Waals surface area (Å²) in [5.41, 5.74) is -0.196. The van der Waals surface area contributed by atoms with Crippen molar-refractivity contribution >= 4 is 55.9 Å². The third kappa shape index (κ3) is 4.10. The molecule has 7 nitrogen and oxygen atoms in total. The molecule has 30 heavy (non-hydrogen) atoms. The highest BCUT2D eigenvalue weighted by Crippen LogP contribution is 2.39. The molecule has 0 radical (unpaired) electrons. The Bertz CT molecular complexity index is 1210. The molecule has 1 fully saturated rings. The van der Waals surface area contributed by atoms with E-state index in [1.54, 1.807) is 0 Å². The smallest absolute Gasteiger partial charge is 0.286 e. The number of sulfonamides is 1. The number of carbonyl (C=O) groups excluding carboxylic acids is 1. The van der Waals surface area contributed by atoms with Gasteiger partial charge in [-0.15, -0.1) is 21.5 Å². The number of halogens is 3. The van der Waals surface area contributed by atoms with Crippen LogP contribution in [0, 0.1) is 11.6 Å². The molecule has 0 aliphatic carbocycles. The second-order valence-electron chi connectivity index (χ2n) is 6.36. The van der Waals surface area contributed by atoms with Crippen molar-refractivity contribution in [2.75, 3.05) is 11.9 Å². The Hall–Kier alpha value is -1.99. The first-order valence-corrected chi connectivity index (χ1v) is 12.1. The molecule has 0 saturated carbocycles. The van der Waals surface area contributed by atoms with Crippen LogP contribution < -0.4 is 5.32 Å². The minimum Gasteiger partial charge on any atom is -0.317 e. The maximum Gasteiger partial charge on any atom is 0.286 e. The molecule has 13 heteroatoms. The van der Waals surface area contributed by atoms with Gasteiger partial charge in [-0.25, -0.2) is 17.2 Å². The van der Waals surface area contributed by atoms with E-state index in [4.69, 9.17) is 11.6 Å². The molecule has 3 heterocycles. The van der Waals surface area contributed by atoms with Crippen LogP contribution in [-0.4, -0.2) is 35.4 Å². The van der Waals surface area contributed by atoms with Crippen molar-refractivity contribution in [1.82, 2.24) is 14.5 Å². The van der Waals surface area contributed by atoms with Crippen LogP contribution in [0.2, 0.25) is 4.34 Å². The molecule has 4 rings (SSSR count). The zero-order chi connectivity index (χ0) is 21.5. The standard InChI is InChI=1S/C17H13ClF2N4O3S3/c18-13-5-6-14(28-13)30(26,27)24-7-1-2-12(24)16-22-23-17(29-16)15(25)21-11-4-3-9(19)8-10(11)20/h3-6,8,12H,1-2,7H2,(H,21,25)/t12-/m0/s1. The lowest BCUT2D eigenvalue weighted by molar-refractivity contribution is 0.102. The number of amides is 1. The number of carbonyl (C=O) groups is 1. The van der Waals surface area contributed by atoms with Crippen LogP contribution >= 0.6 is 34.3 Å². The van der Waals surface area contributed by atoms with Gasteiger partial charge in [0.25, 0.3) is 15.9 Å². The summed E-state index contributed by atoms with van der Waals surface area (Å²) in [4.78, 5) is 12.4. The van der Waals surface area contributed by atoms with E-state index in [2.05, 4.69) is 15.5 Å². The molecular formula is C17H13ClF2N4O3S3. The van der Waals surface area contributed by atoms with E-state index in [1.807, 2.05) is 0 Å². The molecule has 158 valence electrons. The van der Waals surface area contributed by atoms with Crippen LogP contribution in [0.1, 0.15) is 33.7 Å². The molecule has 0 bridgehead atoms. The predicted molar refractivity (Wildman–Crippen MR) is 109 cm³/mol. The molecule has 0 spiro atoms. The number of benzene rings is 1. The minimum absolute atomic E-state index is 0.0582. The van der Waals surface area contributed by atoms with Gasteiger partial charge in [0.05, 0.1) is 16.1 Å². The maximum atomic E-state index is 13.8. The van der Waals surface area contributed by atoms with E-state index in [1.165, 1.54) is 16.4 Å². The van der Waals surface area contributed by atoms with E-state index in [-0.39, 0.29) is 14.9 Å². The van der Waals surface area contributed by atoms with Crippen molar-refractivity contribution in [3.63, 3.8) is 0 Å². The zero-order valence-electron chi connectivity index (χ0n) is 15.0. The van der Waals surface area contributed by atoms with E-state index in [0.29, 0.717) is 34.8 Å². The fourth-order valence-corrected chi connectivity index (χ4v) is 7.28. The van der Waals surface area contributed by atoms with Gasteiger partial charge in [0.1, 0.15) is 20.9 Å². The van der Waals surface area contributed by atoms with Crippen molar-refractivity contribution in [2.45, 2.75) is 23.1 Å². The summed E-state index contributed by atoms with van der Waals surface area (Å²) < 4.78 is 54.5. The Morgan fingerprint density at radius 3 is 2.70 bits per heavy atom. The lowest BCUT2D eigenvalue weighted by atomic mass is 10.2. The highest BCUT2D eigenvalue weighted by atomic mass is 35.5. The first-order valence-electron chi connectivity index (χ1n) is 8.62. The molecule has 3 aromatic rings. The number of nitrogens with zero attached hydrogens (tertiary/aromatic N) is 3. The van der Waals surface area contributed by atoms with Gasteiger partial charge in [-0.1, -0.05) is 22.9 Å². The molecule has 1 aliphatic rings. The number of thiophene rings is 1. The van der Waals surface area contributed by atoms with Gasteiger partial charge in [-0.2, -0.15) is 4.31 Å². The number of hydrogen-bond acceptors (Lipinski definition) is 7. The van der Waals surface area contributed by atoms with Crippen LogP contribution in [0.25, 0.3) is 0 Å². The number of nitrogens with one attached hydrogen (secondary N) is 1. The molecule has 2 aromatic heterocycles. The average molecular weight is 491 g/mol. The number of hydrogen-bond donors (Lipinski definition) is 1. The van der Waals surface area contributed by atoms with Crippen LogP contribution in [0.15, 0.2) is 34.5 Å². The van der Waals surface area contributed by atoms with Gasteiger partial charge in [0.15, 0.2) is 0 Å². The van der Waals surface area contributed by atoms with Gasteiger partial charge in [-0.05, 0) is 37.1 Å². The highest BCUT2D eigenvalue weighted by molar-refractivity contribution is 7.91. The largest absolute Gasteiger partial charge is 0.317 e. The van der Waals surface area contributed by atoms with Gasteiger partial charge in [-0.3, -0.25) is 4.79 Å². The van der Waals surface area contributed by atoms with Gasteiger partial charge in [0, 0.05) is 12.6 Å². The Labute approximate surface area is 183 Å². The van der Waals surface area contributed by atoms with Crippen LogP contribution in [0.3, 0.4) is 0 Å². The molecule has 1 amide bonds. The molecule has 1 atom stereocenters. The van der Waals surface area contributed by atoms with Crippen LogP contribution in [0.4, 0.5) is 14.5 Å². The monoisotopic (exact) mass is 490 g/mol. The summed E-state index contributed by atoms with van der Waals surface area (Å²) >= 11 is 7.77. The molecule has 1 aromatic carbocycles. The molecule has 0 unspecified atom stereocenters. The summed E-state index contributed by atoms with van der Waals surface area (Å²) in [6.07, 6.45) is 1.16. The maximum absolute atomic E-state index is 13.8. The second-order valence-corrected chi connectivity index (χ2v) is 11.2. The number of rotatable bonds is 5. The third-order valence-corrected chi connectivity index (χ3v) is 9.04. The molecular weight excluding hydrogens is 478 g/mol. The van der Waals surface area contributed by atoms with Crippen molar-refractivity contribution in [3.05, 3.63) is 56.3 Å². The minimum atomic E-state index is -3.76. The summed E-state index contributed by atoms with van der Waals surface area (Å²) in [7, 11) is -3.76. The Kier molecular flexibility index (Phi) is 5.86. The van der Waals surface area contributed by atoms with Gasteiger partial charge in [0.2, 0.25) is 5.01 Å². The normalized spacial score (nSPS) is 17.4. The second kappa shape index (κ2) is 8.27. The summed E-state index contributed by atoms with van der Waals surface area (Å²) in [6.45, 7) is 0.310. The summed E-state index contributed by atoms with van der Waals surface area (Å²) in [6, 6.07) is 5.18. The Morgan fingerprint density at radius 1 is 1.20 bits per heavy atom. The first-order chi connectivity index (χ1) is 14.3. The zero-order valence-corrected chi connectivity index (χ0v) is 18.2. The lowest BCUT2D eigenvalue weighted by Crippen LogP contribution is -2.30. The lowest BCUT2D eigenvalue weighted by Gasteiger charge is -2.21. The van der Waals surface area contributed by atoms with E-state index in [0.717, 1.165) is 34.8 Å². The summed E-state index contributed by atoms with van der Waals surface area (Å²) in [5.74, 6) is -2.41. The van der Waals surface area contributed by atoms with Crippen molar-refractivity contribution in [1.29, 1.82) is 0 Å². The van der Waals surface area contributed by atoms with Crippen molar-refractivity contribution < 1.29 is 22.0 Å². The highest BCUT2D eigenvalue weighted by Gasteiger charge is 2.39. The van der Waals surface area contributed by atoms with E-state index < -0.39 is 33.6 Å². The van der Waals surface area contributed by atoms with Crippen LogP contribution in [-0.2, 0) is 10.0 Å². The SMILES string of the molecule is O=C(Nc1ccc(F)cc1F)c1nnc([C@@H]2CCCN2S(=O)(=O)c2ccc(Cl)s2)s1. The van der Waals surface area contributed by atoms with Gasteiger partial charge < -0.3 is 5.32 Å². The quantitative estimate of drug-likeness (QED) is 0.575. The topological polar surface area (TPSA) is 92.3 Å². The number of aromatic nitrogens is 2. The molecule has 1 aliphatic heterocycles. The summed E-state index contributed by atoms with van der Waals surface area (Å²) in [5, 5.41) is 10.4. The fraction of sp³-hybridized carbons (Fsp3) is 0.235. The Morgan fingerprint density at radius 2 is 2.00 bits per heavy atom. The fourth-order valence-electron chi connectivity index (χ4n) is 3.05. The number of anilines is 1. The Balaban J connectivity index is 1.54. The average Bonchev–Trinajstić information content (AvgIpc) is 3.43. The van der Waals surface area contributed by atoms with Gasteiger partial charge >= 0.3 is 0 Å². The van der Waals surface area contributed by atoms with Crippen LogP contribution in [0.5, 0.6) is 0 Å².